The number of fused-ring (bicyclic) bond motifs is 1. The standard InChI is InChI=1S/C17H24N2O4S/c1-13(20)19-12-17(2,3)23-16-8-7-14(11-15(16)19)24(21,22)18-9-5-4-6-10-18/h7-8,11H,4-6,9-10,12H2,1-3H3. The molecule has 0 aromatic heterocycles. The average Bonchev–Trinajstić information content (AvgIpc) is 2.53. The fraction of sp³-hybridized carbons (Fsp3) is 0.588. The van der Waals surface area contributed by atoms with Gasteiger partial charge in [0, 0.05) is 20.0 Å². The van der Waals surface area contributed by atoms with Crippen molar-refractivity contribution < 1.29 is 17.9 Å². The predicted molar refractivity (Wildman–Crippen MR) is 91.8 cm³/mol. The first-order valence-electron chi connectivity index (χ1n) is 8.32. The molecule has 1 fully saturated rings. The third-order valence-electron chi connectivity index (χ3n) is 4.48. The van der Waals surface area contributed by atoms with Gasteiger partial charge in [-0.25, -0.2) is 8.42 Å². The molecule has 0 atom stereocenters. The SMILES string of the molecule is CC(=O)N1CC(C)(C)Oc2ccc(S(=O)(=O)N3CCCCC3)cc21. The highest BCUT2D eigenvalue weighted by Crippen LogP contribution is 2.39. The highest BCUT2D eigenvalue weighted by Gasteiger charge is 2.35. The number of anilines is 1. The molecule has 3 rings (SSSR count). The molecule has 0 N–H and O–H groups in total. The fourth-order valence-corrected chi connectivity index (χ4v) is 4.82. The van der Waals surface area contributed by atoms with Crippen LogP contribution < -0.4 is 9.64 Å². The molecule has 0 bridgehead atoms. The molecule has 0 spiro atoms. The van der Waals surface area contributed by atoms with Gasteiger partial charge in [-0.15, -0.1) is 0 Å². The summed E-state index contributed by atoms with van der Waals surface area (Å²) in [5.41, 5.74) is 0.0197. The topological polar surface area (TPSA) is 66.9 Å². The van der Waals surface area contributed by atoms with E-state index < -0.39 is 15.6 Å². The van der Waals surface area contributed by atoms with Gasteiger partial charge >= 0.3 is 0 Å². The molecule has 132 valence electrons. The van der Waals surface area contributed by atoms with Crippen LogP contribution in [0.2, 0.25) is 0 Å². The van der Waals surface area contributed by atoms with Crippen LogP contribution in [0.25, 0.3) is 0 Å². The molecular weight excluding hydrogens is 328 g/mol. The summed E-state index contributed by atoms with van der Waals surface area (Å²) < 4.78 is 33.2. The number of amides is 1. The van der Waals surface area contributed by atoms with Crippen LogP contribution in [0.15, 0.2) is 23.1 Å². The van der Waals surface area contributed by atoms with Crippen molar-refractivity contribution in [2.24, 2.45) is 0 Å². The van der Waals surface area contributed by atoms with E-state index in [0.29, 0.717) is 31.1 Å². The Kier molecular flexibility index (Phi) is 4.34. The summed E-state index contributed by atoms with van der Waals surface area (Å²) in [5, 5.41) is 0. The van der Waals surface area contributed by atoms with Crippen molar-refractivity contribution >= 4 is 21.6 Å². The Morgan fingerprint density at radius 3 is 2.46 bits per heavy atom. The van der Waals surface area contributed by atoms with E-state index >= 15 is 0 Å². The third-order valence-corrected chi connectivity index (χ3v) is 6.37. The molecular formula is C17H24N2O4S. The Balaban J connectivity index is 2.01. The van der Waals surface area contributed by atoms with E-state index in [-0.39, 0.29) is 10.8 Å². The molecule has 7 heteroatoms. The van der Waals surface area contributed by atoms with Crippen molar-refractivity contribution in [3.63, 3.8) is 0 Å². The molecule has 1 aromatic rings. The average molecular weight is 352 g/mol. The van der Waals surface area contributed by atoms with Gasteiger partial charge in [-0.3, -0.25) is 4.79 Å². The lowest BCUT2D eigenvalue weighted by Gasteiger charge is -2.39. The Morgan fingerprint density at radius 1 is 1.17 bits per heavy atom. The Labute approximate surface area is 143 Å². The highest BCUT2D eigenvalue weighted by atomic mass is 32.2. The number of sulfonamides is 1. The van der Waals surface area contributed by atoms with Gasteiger partial charge in [-0.05, 0) is 44.9 Å². The summed E-state index contributed by atoms with van der Waals surface area (Å²) in [5.74, 6) is 0.416. The third kappa shape index (κ3) is 3.15. The van der Waals surface area contributed by atoms with E-state index in [2.05, 4.69) is 0 Å². The quantitative estimate of drug-likeness (QED) is 0.820. The van der Waals surface area contributed by atoms with Crippen LogP contribution in [0.5, 0.6) is 5.75 Å². The monoisotopic (exact) mass is 352 g/mol. The molecule has 0 unspecified atom stereocenters. The zero-order chi connectivity index (χ0) is 17.5. The number of hydrogen-bond acceptors (Lipinski definition) is 4. The lowest BCUT2D eigenvalue weighted by molar-refractivity contribution is -0.117. The Hall–Kier alpha value is -1.60. The van der Waals surface area contributed by atoms with Crippen molar-refractivity contribution in [1.82, 2.24) is 4.31 Å². The molecule has 1 amide bonds. The second kappa shape index (κ2) is 6.04. The summed E-state index contributed by atoms with van der Waals surface area (Å²) in [6.07, 6.45) is 2.85. The van der Waals surface area contributed by atoms with Crippen LogP contribution in [0.3, 0.4) is 0 Å². The first-order chi connectivity index (χ1) is 11.2. The van der Waals surface area contributed by atoms with Gasteiger partial charge in [0.2, 0.25) is 15.9 Å². The van der Waals surface area contributed by atoms with Gasteiger partial charge in [-0.2, -0.15) is 4.31 Å². The van der Waals surface area contributed by atoms with Crippen molar-refractivity contribution in [3.8, 4) is 5.75 Å². The lowest BCUT2D eigenvalue weighted by atomic mass is 10.1. The van der Waals surface area contributed by atoms with Gasteiger partial charge in [-0.1, -0.05) is 6.42 Å². The smallest absolute Gasteiger partial charge is 0.243 e. The van der Waals surface area contributed by atoms with E-state index in [1.54, 1.807) is 23.1 Å². The molecule has 0 radical (unpaired) electrons. The van der Waals surface area contributed by atoms with Crippen LogP contribution in [0.4, 0.5) is 5.69 Å². The summed E-state index contributed by atoms with van der Waals surface area (Å²) in [4.78, 5) is 13.8. The van der Waals surface area contributed by atoms with Crippen LogP contribution in [-0.2, 0) is 14.8 Å². The highest BCUT2D eigenvalue weighted by molar-refractivity contribution is 7.89. The van der Waals surface area contributed by atoms with Gasteiger partial charge in [0.1, 0.15) is 11.4 Å². The maximum Gasteiger partial charge on any atom is 0.243 e. The van der Waals surface area contributed by atoms with Crippen LogP contribution >= 0.6 is 0 Å². The van der Waals surface area contributed by atoms with E-state index in [4.69, 9.17) is 4.74 Å². The summed E-state index contributed by atoms with van der Waals surface area (Å²) in [7, 11) is -3.53. The summed E-state index contributed by atoms with van der Waals surface area (Å²) in [6, 6.07) is 4.79. The summed E-state index contributed by atoms with van der Waals surface area (Å²) >= 11 is 0. The number of benzene rings is 1. The number of nitrogens with zero attached hydrogens (tertiary/aromatic N) is 2. The normalized spacial score (nSPS) is 21.0. The van der Waals surface area contributed by atoms with Gasteiger partial charge in [0.05, 0.1) is 17.1 Å². The maximum absolute atomic E-state index is 12.9. The summed E-state index contributed by atoms with van der Waals surface area (Å²) in [6.45, 7) is 6.80. The Bertz CT molecular complexity index is 752. The number of carbonyl (C=O) groups excluding carboxylic acids is 1. The van der Waals surface area contributed by atoms with Crippen LogP contribution in [0, 0.1) is 0 Å². The first kappa shape index (κ1) is 17.2. The largest absolute Gasteiger partial charge is 0.484 e. The van der Waals surface area contributed by atoms with Crippen molar-refractivity contribution in [3.05, 3.63) is 18.2 Å². The number of rotatable bonds is 2. The van der Waals surface area contributed by atoms with E-state index in [1.807, 2.05) is 13.8 Å². The van der Waals surface area contributed by atoms with Crippen LogP contribution in [-0.4, -0.2) is 43.9 Å². The molecule has 2 aliphatic heterocycles. The van der Waals surface area contributed by atoms with E-state index in [9.17, 15) is 13.2 Å². The zero-order valence-corrected chi connectivity index (χ0v) is 15.2. The lowest BCUT2D eigenvalue weighted by Crippen LogP contribution is -2.48. The van der Waals surface area contributed by atoms with Crippen molar-refractivity contribution in [1.29, 1.82) is 0 Å². The molecule has 1 saturated heterocycles. The minimum atomic E-state index is -3.53. The van der Waals surface area contributed by atoms with Crippen molar-refractivity contribution in [2.75, 3.05) is 24.5 Å². The van der Waals surface area contributed by atoms with Crippen LogP contribution in [0.1, 0.15) is 40.0 Å². The molecule has 0 saturated carbocycles. The number of carbonyl (C=O) groups is 1. The second-order valence-corrected chi connectivity index (χ2v) is 9.00. The molecule has 2 heterocycles. The predicted octanol–water partition coefficient (Wildman–Crippen LogP) is 2.39. The first-order valence-corrected chi connectivity index (χ1v) is 9.76. The molecule has 2 aliphatic rings. The second-order valence-electron chi connectivity index (χ2n) is 7.06. The molecule has 6 nitrogen and oxygen atoms in total. The number of ether oxygens (including phenoxy) is 1. The van der Waals surface area contributed by atoms with E-state index in [1.165, 1.54) is 11.2 Å². The molecule has 1 aromatic carbocycles. The Morgan fingerprint density at radius 2 is 1.83 bits per heavy atom. The van der Waals surface area contributed by atoms with Gasteiger partial charge < -0.3 is 9.64 Å². The van der Waals surface area contributed by atoms with Crippen molar-refractivity contribution in [2.45, 2.75) is 50.5 Å². The maximum atomic E-state index is 12.9. The molecule has 0 aliphatic carbocycles. The zero-order valence-electron chi connectivity index (χ0n) is 14.4. The minimum absolute atomic E-state index is 0.125. The number of piperidine rings is 1. The fourth-order valence-electron chi connectivity index (χ4n) is 3.29. The van der Waals surface area contributed by atoms with Gasteiger partial charge in [0.15, 0.2) is 0 Å². The number of hydrogen-bond donors (Lipinski definition) is 0. The van der Waals surface area contributed by atoms with Gasteiger partial charge in [0.25, 0.3) is 0 Å². The molecule has 24 heavy (non-hydrogen) atoms. The minimum Gasteiger partial charge on any atom is -0.484 e. The van der Waals surface area contributed by atoms with E-state index in [0.717, 1.165) is 19.3 Å².